The molecule has 6 heteroatoms. The highest BCUT2D eigenvalue weighted by Gasteiger charge is 2.64. The Labute approximate surface area is 123 Å². The zero-order chi connectivity index (χ0) is 15.3. The zero-order valence-electron chi connectivity index (χ0n) is 12.1. The number of carboxylic acid groups (broad SMARTS) is 1. The Balaban J connectivity index is 2.06. The summed E-state index contributed by atoms with van der Waals surface area (Å²) in [7, 11) is 0. The van der Waals surface area contributed by atoms with Crippen LogP contribution in [-0.4, -0.2) is 56.4 Å². The molecule has 3 fully saturated rings. The van der Waals surface area contributed by atoms with Crippen molar-refractivity contribution in [2.24, 2.45) is 11.8 Å². The van der Waals surface area contributed by atoms with E-state index in [1.165, 1.54) is 0 Å². The number of aliphatic hydroxyl groups is 2. The van der Waals surface area contributed by atoms with Crippen LogP contribution in [0.3, 0.4) is 0 Å². The first-order chi connectivity index (χ1) is 9.94. The lowest BCUT2D eigenvalue weighted by atomic mass is 9.58. The van der Waals surface area contributed by atoms with E-state index in [0.717, 1.165) is 25.7 Å². The quantitative estimate of drug-likeness (QED) is 0.699. The number of piperidine rings is 1. The number of rotatable bonds is 3. The monoisotopic (exact) mass is 297 g/mol. The summed E-state index contributed by atoms with van der Waals surface area (Å²) in [4.78, 5) is 25.5. The smallest absolute Gasteiger partial charge is 0.303 e. The molecule has 1 spiro atoms. The first-order valence-electron chi connectivity index (χ1n) is 7.79. The molecule has 3 aliphatic rings. The van der Waals surface area contributed by atoms with E-state index >= 15 is 0 Å². The van der Waals surface area contributed by atoms with Gasteiger partial charge in [0.05, 0.1) is 24.2 Å². The van der Waals surface area contributed by atoms with Crippen LogP contribution in [0.15, 0.2) is 0 Å². The number of hydrogen-bond donors (Lipinski definition) is 3. The molecule has 1 amide bonds. The van der Waals surface area contributed by atoms with E-state index in [0.29, 0.717) is 13.0 Å². The summed E-state index contributed by atoms with van der Waals surface area (Å²) in [5.41, 5.74) is -1.96. The molecule has 0 aromatic carbocycles. The standard InChI is InChI=1S/C15H23NO5/c17-9-14(21)5-6-16-12(18)7-10-3-1-2-4-15(10,16)11(14)8-13(19)20/h10-11,17,21H,1-9H2,(H,19,20)/t10-,11+,14+,15-/m0/s1. The Bertz CT molecular complexity index is 467. The molecule has 1 saturated carbocycles. The molecule has 0 aromatic rings. The average molecular weight is 297 g/mol. The summed E-state index contributed by atoms with van der Waals surface area (Å²) in [5.74, 6) is -1.37. The first-order valence-corrected chi connectivity index (χ1v) is 7.79. The number of aliphatic carboxylic acids is 1. The molecular weight excluding hydrogens is 274 g/mol. The van der Waals surface area contributed by atoms with Gasteiger partial charge in [-0.2, -0.15) is 0 Å². The van der Waals surface area contributed by atoms with Crippen LogP contribution in [0.5, 0.6) is 0 Å². The predicted molar refractivity (Wildman–Crippen MR) is 73.4 cm³/mol. The van der Waals surface area contributed by atoms with Gasteiger partial charge in [0.2, 0.25) is 5.91 Å². The number of carbonyl (C=O) groups is 2. The van der Waals surface area contributed by atoms with Gasteiger partial charge in [-0.15, -0.1) is 0 Å². The Morgan fingerprint density at radius 2 is 2.10 bits per heavy atom. The molecule has 0 unspecified atom stereocenters. The molecule has 2 saturated heterocycles. The lowest BCUT2D eigenvalue weighted by molar-refractivity contribution is -0.185. The second kappa shape index (κ2) is 4.95. The molecule has 0 bridgehead atoms. The highest BCUT2D eigenvalue weighted by Crippen LogP contribution is 2.56. The fourth-order valence-corrected chi connectivity index (χ4v) is 5.10. The number of amides is 1. The second-order valence-electron chi connectivity index (χ2n) is 6.85. The number of aliphatic hydroxyl groups excluding tert-OH is 1. The third kappa shape index (κ3) is 1.99. The molecule has 0 aromatic heterocycles. The highest BCUT2D eigenvalue weighted by atomic mass is 16.4. The minimum absolute atomic E-state index is 0.0808. The first kappa shape index (κ1) is 14.8. The van der Waals surface area contributed by atoms with Crippen molar-refractivity contribution in [3.8, 4) is 0 Å². The molecule has 118 valence electrons. The number of nitrogens with zero attached hydrogens (tertiary/aromatic N) is 1. The minimum atomic E-state index is -1.39. The van der Waals surface area contributed by atoms with Crippen LogP contribution < -0.4 is 0 Å². The van der Waals surface area contributed by atoms with Gasteiger partial charge in [-0.1, -0.05) is 12.8 Å². The van der Waals surface area contributed by atoms with Gasteiger partial charge >= 0.3 is 5.97 Å². The van der Waals surface area contributed by atoms with Gasteiger partial charge in [0.25, 0.3) is 0 Å². The fourth-order valence-electron chi connectivity index (χ4n) is 5.10. The van der Waals surface area contributed by atoms with Crippen LogP contribution in [-0.2, 0) is 9.59 Å². The van der Waals surface area contributed by atoms with Crippen LogP contribution in [0, 0.1) is 11.8 Å². The summed E-state index contributed by atoms with van der Waals surface area (Å²) in [6.45, 7) is -0.0238. The van der Waals surface area contributed by atoms with Gasteiger partial charge in [0.1, 0.15) is 0 Å². The number of carbonyl (C=O) groups excluding carboxylic acids is 1. The van der Waals surface area contributed by atoms with Crippen molar-refractivity contribution in [3.63, 3.8) is 0 Å². The van der Waals surface area contributed by atoms with E-state index in [4.69, 9.17) is 0 Å². The van der Waals surface area contributed by atoms with Gasteiger partial charge in [-0.25, -0.2) is 0 Å². The van der Waals surface area contributed by atoms with Crippen LogP contribution in [0.25, 0.3) is 0 Å². The maximum atomic E-state index is 12.3. The summed E-state index contributed by atoms with van der Waals surface area (Å²) < 4.78 is 0. The van der Waals surface area contributed by atoms with E-state index in [-0.39, 0.29) is 24.7 Å². The maximum Gasteiger partial charge on any atom is 0.303 e. The largest absolute Gasteiger partial charge is 0.481 e. The second-order valence-corrected chi connectivity index (χ2v) is 6.85. The predicted octanol–water partition coefficient (Wildman–Crippen LogP) is 0.366. The fraction of sp³-hybridized carbons (Fsp3) is 0.867. The molecule has 4 atom stereocenters. The topological polar surface area (TPSA) is 98.1 Å². The Morgan fingerprint density at radius 1 is 1.33 bits per heavy atom. The number of carboxylic acids is 1. The molecule has 21 heavy (non-hydrogen) atoms. The number of hydrogen-bond acceptors (Lipinski definition) is 4. The van der Waals surface area contributed by atoms with Crippen LogP contribution >= 0.6 is 0 Å². The molecule has 6 nitrogen and oxygen atoms in total. The van der Waals surface area contributed by atoms with Crippen LogP contribution in [0.1, 0.15) is 44.9 Å². The Hall–Kier alpha value is -1.14. The molecule has 1 aliphatic carbocycles. The molecule has 3 rings (SSSR count). The van der Waals surface area contributed by atoms with Crippen LogP contribution in [0.4, 0.5) is 0 Å². The average Bonchev–Trinajstić information content (AvgIpc) is 2.74. The van der Waals surface area contributed by atoms with Crippen molar-refractivity contribution in [1.29, 1.82) is 0 Å². The third-order valence-corrected chi connectivity index (χ3v) is 5.98. The highest BCUT2D eigenvalue weighted by molar-refractivity contribution is 5.81. The molecular formula is C15H23NO5. The molecule has 0 radical (unpaired) electrons. The van der Waals surface area contributed by atoms with Crippen molar-refractivity contribution >= 4 is 11.9 Å². The zero-order valence-corrected chi connectivity index (χ0v) is 12.1. The van der Waals surface area contributed by atoms with Crippen molar-refractivity contribution < 1.29 is 24.9 Å². The van der Waals surface area contributed by atoms with Gasteiger partial charge < -0.3 is 20.2 Å². The van der Waals surface area contributed by atoms with Crippen molar-refractivity contribution in [2.45, 2.75) is 56.1 Å². The lowest BCUT2D eigenvalue weighted by Gasteiger charge is -2.58. The van der Waals surface area contributed by atoms with Gasteiger partial charge in [-0.3, -0.25) is 9.59 Å². The Morgan fingerprint density at radius 3 is 2.76 bits per heavy atom. The van der Waals surface area contributed by atoms with E-state index in [1.807, 2.05) is 4.90 Å². The maximum absolute atomic E-state index is 12.3. The van der Waals surface area contributed by atoms with Crippen molar-refractivity contribution in [2.75, 3.05) is 13.2 Å². The van der Waals surface area contributed by atoms with E-state index in [9.17, 15) is 24.9 Å². The van der Waals surface area contributed by atoms with E-state index < -0.39 is 29.6 Å². The van der Waals surface area contributed by atoms with Gasteiger partial charge in [0, 0.05) is 18.9 Å². The summed E-state index contributed by atoms with van der Waals surface area (Å²) in [5, 5.41) is 29.7. The van der Waals surface area contributed by atoms with Crippen LogP contribution in [0.2, 0.25) is 0 Å². The summed E-state index contributed by atoms with van der Waals surface area (Å²) in [6.07, 6.45) is 4.14. The molecule has 2 heterocycles. The molecule has 2 aliphatic heterocycles. The molecule has 3 N–H and O–H groups in total. The van der Waals surface area contributed by atoms with Gasteiger partial charge in [-0.05, 0) is 25.2 Å². The SMILES string of the molecule is O=C(O)C[C@@H]1[C@](O)(CO)CCN2C(=O)C[C@@H]3CCCC[C@]312. The Kier molecular flexibility index (Phi) is 3.48. The van der Waals surface area contributed by atoms with Crippen molar-refractivity contribution in [1.82, 2.24) is 4.90 Å². The third-order valence-electron chi connectivity index (χ3n) is 5.98. The van der Waals surface area contributed by atoms with E-state index in [2.05, 4.69) is 0 Å². The van der Waals surface area contributed by atoms with E-state index in [1.54, 1.807) is 0 Å². The summed E-state index contributed by atoms with van der Waals surface area (Å²) >= 11 is 0. The van der Waals surface area contributed by atoms with Gasteiger partial charge in [0.15, 0.2) is 0 Å². The van der Waals surface area contributed by atoms with Crippen molar-refractivity contribution in [3.05, 3.63) is 0 Å². The minimum Gasteiger partial charge on any atom is -0.481 e. The normalized spacial score (nSPS) is 42.6. The lowest BCUT2D eigenvalue weighted by Crippen LogP contribution is -2.68. The summed E-state index contributed by atoms with van der Waals surface area (Å²) in [6, 6.07) is 0.